The molecule has 3 aromatic rings. The van der Waals surface area contributed by atoms with E-state index < -0.39 is 12.1 Å². The van der Waals surface area contributed by atoms with Gasteiger partial charge < -0.3 is 9.64 Å². The van der Waals surface area contributed by atoms with E-state index in [9.17, 15) is 9.59 Å². The molecule has 152 valence electrons. The van der Waals surface area contributed by atoms with Crippen LogP contribution in [-0.4, -0.2) is 24.0 Å². The average Bonchev–Trinajstić information content (AvgIpc) is 3.10. The molecule has 4 nitrogen and oxygen atoms in total. The van der Waals surface area contributed by atoms with Crippen molar-refractivity contribution in [2.24, 2.45) is 0 Å². The molecule has 2 atom stereocenters. The summed E-state index contributed by atoms with van der Waals surface area (Å²) in [6.07, 6.45) is 0.129. The lowest BCUT2D eigenvalue weighted by molar-refractivity contribution is -0.153. The quantitative estimate of drug-likeness (QED) is 0.579. The Morgan fingerprint density at radius 3 is 2.30 bits per heavy atom. The number of esters is 1. The molecule has 1 aliphatic rings. The fourth-order valence-electron chi connectivity index (χ4n) is 4.00. The van der Waals surface area contributed by atoms with Gasteiger partial charge >= 0.3 is 5.97 Å². The summed E-state index contributed by atoms with van der Waals surface area (Å²) in [4.78, 5) is 27.1. The van der Waals surface area contributed by atoms with Crippen molar-refractivity contribution in [1.29, 1.82) is 0 Å². The second-order valence-electron chi connectivity index (χ2n) is 7.76. The first-order chi connectivity index (χ1) is 14.5. The summed E-state index contributed by atoms with van der Waals surface area (Å²) in [5, 5.41) is 0. The number of nitrogens with zero attached hydrogens (tertiary/aromatic N) is 1. The first-order valence-corrected chi connectivity index (χ1v) is 10.3. The highest BCUT2D eigenvalue weighted by molar-refractivity contribution is 5.99. The lowest BCUT2D eigenvalue weighted by Crippen LogP contribution is -2.43. The first kappa shape index (κ1) is 19.9. The fraction of sp³-hybridized carbons (Fsp3) is 0.231. The Morgan fingerprint density at radius 2 is 1.57 bits per heavy atom. The van der Waals surface area contributed by atoms with Crippen LogP contribution in [0.25, 0.3) is 11.1 Å². The minimum atomic E-state index is -0.824. The third-order valence-electron chi connectivity index (χ3n) is 5.51. The molecule has 1 aliphatic heterocycles. The Hall–Kier alpha value is -3.40. The van der Waals surface area contributed by atoms with E-state index in [0.717, 1.165) is 34.4 Å². The monoisotopic (exact) mass is 399 g/mol. The van der Waals surface area contributed by atoms with Gasteiger partial charge in [0.25, 0.3) is 5.91 Å². The highest BCUT2D eigenvalue weighted by atomic mass is 16.5. The number of ether oxygens (including phenoxy) is 1. The van der Waals surface area contributed by atoms with Crippen LogP contribution >= 0.6 is 0 Å². The van der Waals surface area contributed by atoms with Crippen molar-refractivity contribution < 1.29 is 14.3 Å². The Labute approximate surface area is 177 Å². The van der Waals surface area contributed by atoms with E-state index in [1.54, 1.807) is 11.8 Å². The van der Waals surface area contributed by atoms with Crippen molar-refractivity contribution in [3.05, 3.63) is 90.0 Å². The Morgan fingerprint density at radius 1 is 0.933 bits per heavy atom. The highest BCUT2D eigenvalue weighted by Crippen LogP contribution is 2.32. The molecule has 1 heterocycles. The van der Waals surface area contributed by atoms with Gasteiger partial charge in [0.05, 0.1) is 6.42 Å². The zero-order valence-electron chi connectivity index (χ0n) is 17.2. The van der Waals surface area contributed by atoms with Gasteiger partial charge in [-0.2, -0.15) is 0 Å². The van der Waals surface area contributed by atoms with Crippen molar-refractivity contribution in [2.75, 3.05) is 4.90 Å². The SMILES string of the molecule is C[C@H](OC(=O)Cc1ccc(-c2ccccc2)cc1)C(=O)N1c2ccccc2C[C@H]1C. The van der Waals surface area contributed by atoms with Gasteiger partial charge in [0.1, 0.15) is 0 Å². The summed E-state index contributed by atoms with van der Waals surface area (Å²) in [6, 6.07) is 25.9. The molecule has 0 aliphatic carbocycles. The van der Waals surface area contributed by atoms with Gasteiger partial charge in [-0.15, -0.1) is 0 Å². The standard InChI is InChI=1S/C26H25NO3/c1-18-16-23-10-6-7-11-24(23)27(18)26(29)19(2)30-25(28)17-20-12-14-22(15-13-20)21-8-4-3-5-9-21/h3-15,18-19H,16-17H2,1-2H3/t18-,19+/m1/s1. The normalized spacial score (nSPS) is 16.1. The molecule has 0 fully saturated rings. The molecular weight excluding hydrogens is 374 g/mol. The Bertz CT molecular complexity index is 1040. The van der Waals surface area contributed by atoms with Crippen LogP contribution in [0.1, 0.15) is 25.0 Å². The summed E-state index contributed by atoms with van der Waals surface area (Å²) in [7, 11) is 0. The van der Waals surface area contributed by atoms with Gasteiger partial charge in [-0.25, -0.2) is 0 Å². The van der Waals surface area contributed by atoms with Crippen molar-refractivity contribution in [3.8, 4) is 11.1 Å². The summed E-state index contributed by atoms with van der Waals surface area (Å²) < 4.78 is 5.48. The summed E-state index contributed by atoms with van der Waals surface area (Å²) in [5.41, 5.74) is 5.15. The number of carbonyl (C=O) groups is 2. The number of hydrogen-bond donors (Lipinski definition) is 0. The maximum atomic E-state index is 13.0. The van der Waals surface area contributed by atoms with Gasteiger partial charge in [-0.3, -0.25) is 9.59 Å². The van der Waals surface area contributed by atoms with Crippen molar-refractivity contribution in [2.45, 2.75) is 38.8 Å². The molecule has 0 bridgehead atoms. The van der Waals surface area contributed by atoms with Crippen LogP contribution < -0.4 is 4.90 Å². The third kappa shape index (κ3) is 4.13. The van der Waals surface area contributed by atoms with Gasteiger partial charge in [0.2, 0.25) is 0 Å². The number of benzene rings is 3. The van der Waals surface area contributed by atoms with E-state index in [2.05, 4.69) is 0 Å². The number of anilines is 1. The van der Waals surface area contributed by atoms with Crippen LogP contribution in [0, 0.1) is 0 Å². The molecule has 4 heteroatoms. The summed E-state index contributed by atoms with van der Waals surface area (Å²) >= 11 is 0. The molecule has 0 saturated heterocycles. The lowest BCUT2D eigenvalue weighted by Gasteiger charge is -2.26. The molecular formula is C26H25NO3. The Kier molecular flexibility index (Phi) is 5.66. The molecule has 4 rings (SSSR count). The highest BCUT2D eigenvalue weighted by Gasteiger charge is 2.34. The lowest BCUT2D eigenvalue weighted by atomic mass is 10.0. The molecule has 0 saturated carbocycles. The molecule has 0 aromatic heterocycles. The minimum absolute atomic E-state index is 0.0570. The summed E-state index contributed by atoms with van der Waals surface area (Å²) in [5.74, 6) is -0.580. The average molecular weight is 399 g/mol. The van der Waals surface area contributed by atoms with Crippen LogP contribution in [0.15, 0.2) is 78.9 Å². The van der Waals surface area contributed by atoms with E-state index in [4.69, 9.17) is 4.74 Å². The smallest absolute Gasteiger partial charge is 0.311 e. The number of fused-ring (bicyclic) bond motifs is 1. The molecule has 3 aromatic carbocycles. The maximum Gasteiger partial charge on any atom is 0.311 e. The molecule has 0 unspecified atom stereocenters. The molecule has 0 radical (unpaired) electrons. The van der Waals surface area contributed by atoms with Crippen molar-refractivity contribution in [3.63, 3.8) is 0 Å². The topological polar surface area (TPSA) is 46.6 Å². The van der Waals surface area contributed by atoms with Crippen molar-refractivity contribution in [1.82, 2.24) is 0 Å². The van der Waals surface area contributed by atoms with Crippen LogP contribution in [-0.2, 0) is 27.2 Å². The maximum absolute atomic E-state index is 13.0. The van der Waals surface area contributed by atoms with Gasteiger partial charge in [0.15, 0.2) is 6.10 Å². The van der Waals surface area contributed by atoms with E-state index >= 15 is 0 Å². The van der Waals surface area contributed by atoms with Crippen LogP contribution in [0.3, 0.4) is 0 Å². The second-order valence-corrected chi connectivity index (χ2v) is 7.76. The zero-order valence-corrected chi connectivity index (χ0v) is 17.2. The van der Waals surface area contributed by atoms with Gasteiger partial charge in [0, 0.05) is 11.7 Å². The molecule has 30 heavy (non-hydrogen) atoms. The zero-order chi connectivity index (χ0) is 21.1. The summed E-state index contributed by atoms with van der Waals surface area (Å²) in [6.45, 7) is 3.66. The van der Waals surface area contributed by atoms with Crippen molar-refractivity contribution >= 4 is 17.6 Å². The number of para-hydroxylation sites is 1. The Balaban J connectivity index is 1.37. The fourth-order valence-corrected chi connectivity index (χ4v) is 4.00. The van der Waals surface area contributed by atoms with Crippen LogP contribution in [0.4, 0.5) is 5.69 Å². The number of carbonyl (C=O) groups excluding carboxylic acids is 2. The van der Waals surface area contributed by atoms with E-state index in [1.807, 2.05) is 85.8 Å². The molecule has 1 amide bonds. The van der Waals surface area contributed by atoms with Crippen LogP contribution in [0.5, 0.6) is 0 Å². The second kappa shape index (κ2) is 8.54. The van der Waals surface area contributed by atoms with Crippen LogP contribution in [0.2, 0.25) is 0 Å². The van der Waals surface area contributed by atoms with Gasteiger partial charge in [-0.1, -0.05) is 72.8 Å². The van der Waals surface area contributed by atoms with E-state index in [1.165, 1.54) is 0 Å². The van der Waals surface area contributed by atoms with Gasteiger partial charge in [-0.05, 0) is 48.6 Å². The minimum Gasteiger partial charge on any atom is -0.452 e. The predicted molar refractivity (Wildman–Crippen MR) is 118 cm³/mol. The number of amides is 1. The molecule has 0 N–H and O–H groups in total. The van der Waals surface area contributed by atoms with E-state index in [-0.39, 0.29) is 18.4 Å². The third-order valence-corrected chi connectivity index (χ3v) is 5.51. The first-order valence-electron chi connectivity index (χ1n) is 10.3. The number of hydrogen-bond acceptors (Lipinski definition) is 3. The predicted octanol–water partition coefficient (Wildman–Crippen LogP) is 4.81. The largest absolute Gasteiger partial charge is 0.452 e. The molecule has 0 spiro atoms. The van der Waals surface area contributed by atoms with E-state index in [0.29, 0.717) is 0 Å². The number of rotatable bonds is 5.